The predicted molar refractivity (Wildman–Crippen MR) is 75.3 cm³/mol. The molecule has 1 aliphatic heterocycles. The second kappa shape index (κ2) is 8.20. The summed E-state index contributed by atoms with van der Waals surface area (Å²) in [5.41, 5.74) is 0. The number of β-amino-alcohol motifs (C(OH)–C–C–N with tert-alkyl or cyclic N) is 1. The number of aliphatic hydroxyl groups is 1. The number of fused-ring (bicyclic) bond motifs is 1. The SMILES string of the molecule is CCCCOCC(O)CN1CCOC2CCCCC21. The summed E-state index contributed by atoms with van der Waals surface area (Å²) < 4.78 is 11.4. The average Bonchev–Trinajstić information content (AvgIpc) is 2.44. The van der Waals surface area contributed by atoms with E-state index >= 15 is 0 Å². The van der Waals surface area contributed by atoms with Crippen LogP contribution in [0.15, 0.2) is 0 Å². The van der Waals surface area contributed by atoms with Crippen LogP contribution in [0.2, 0.25) is 0 Å². The molecule has 0 amide bonds. The molecule has 2 aliphatic rings. The van der Waals surface area contributed by atoms with Gasteiger partial charge < -0.3 is 14.6 Å². The van der Waals surface area contributed by atoms with Crippen LogP contribution in [0.4, 0.5) is 0 Å². The van der Waals surface area contributed by atoms with Gasteiger partial charge in [-0.1, -0.05) is 26.2 Å². The van der Waals surface area contributed by atoms with Crippen LogP contribution in [-0.2, 0) is 9.47 Å². The Kier molecular flexibility index (Phi) is 6.57. The van der Waals surface area contributed by atoms with E-state index < -0.39 is 0 Å². The van der Waals surface area contributed by atoms with Crippen LogP contribution in [-0.4, -0.2) is 61.2 Å². The number of hydrogen-bond donors (Lipinski definition) is 1. The minimum absolute atomic E-state index is 0.363. The Labute approximate surface area is 117 Å². The van der Waals surface area contributed by atoms with Gasteiger partial charge in [-0.15, -0.1) is 0 Å². The summed E-state index contributed by atoms with van der Waals surface area (Å²) in [7, 11) is 0. The number of hydrogen-bond acceptors (Lipinski definition) is 4. The smallest absolute Gasteiger partial charge is 0.0900 e. The second-order valence-corrected chi connectivity index (χ2v) is 5.84. The molecular weight excluding hydrogens is 242 g/mol. The first kappa shape index (κ1) is 15.2. The van der Waals surface area contributed by atoms with E-state index in [1.54, 1.807) is 0 Å². The van der Waals surface area contributed by atoms with Gasteiger partial charge in [0, 0.05) is 25.7 Å². The fourth-order valence-corrected chi connectivity index (χ4v) is 3.19. The maximum atomic E-state index is 10.1. The van der Waals surface area contributed by atoms with E-state index in [9.17, 15) is 5.11 Å². The zero-order valence-electron chi connectivity index (χ0n) is 12.2. The Morgan fingerprint density at radius 1 is 1.37 bits per heavy atom. The second-order valence-electron chi connectivity index (χ2n) is 5.84. The van der Waals surface area contributed by atoms with Crippen LogP contribution in [0.5, 0.6) is 0 Å². The average molecular weight is 271 g/mol. The molecule has 2 rings (SSSR count). The number of aliphatic hydroxyl groups excluding tert-OH is 1. The lowest BCUT2D eigenvalue weighted by atomic mass is 9.90. The van der Waals surface area contributed by atoms with Gasteiger partial charge in [0.15, 0.2) is 0 Å². The highest BCUT2D eigenvalue weighted by molar-refractivity contribution is 4.88. The maximum Gasteiger partial charge on any atom is 0.0900 e. The highest BCUT2D eigenvalue weighted by atomic mass is 16.5. The lowest BCUT2D eigenvalue weighted by Gasteiger charge is -2.44. The molecule has 0 spiro atoms. The predicted octanol–water partition coefficient (Wildman–Crippen LogP) is 1.81. The van der Waals surface area contributed by atoms with E-state index in [-0.39, 0.29) is 6.10 Å². The summed E-state index contributed by atoms with van der Waals surface area (Å²) in [5.74, 6) is 0. The molecule has 19 heavy (non-hydrogen) atoms. The summed E-state index contributed by atoms with van der Waals surface area (Å²) in [6, 6.07) is 0.521. The Bertz CT molecular complexity index is 248. The standard InChI is InChI=1S/C15H29NO3/c1-2-3-9-18-12-13(17)11-16-8-10-19-15-7-5-4-6-14(15)16/h13-15,17H,2-12H2,1H3. The molecule has 0 aromatic carbocycles. The highest BCUT2D eigenvalue weighted by Crippen LogP contribution is 2.28. The molecular formula is C15H29NO3. The van der Waals surface area contributed by atoms with Crippen molar-refractivity contribution in [2.24, 2.45) is 0 Å². The summed E-state index contributed by atoms with van der Waals surface area (Å²) >= 11 is 0. The number of unbranched alkanes of at least 4 members (excludes halogenated alkanes) is 1. The van der Waals surface area contributed by atoms with Gasteiger partial charge >= 0.3 is 0 Å². The van der Waals surface area contributed by atoms with Gasteiger partial charge in [-0.2, -0.15) is 0 Å². The molecule has 3 unspecified atom stereocenters. The van der Waals surface area contributed by atoms with Crippen molar-refractivity contribution in [3.05, 3.63) is 0 Å². The zero-order valence-corrected chi connectivity index (χ0v) is 12.2. The van der Waals surface area contributed by atoms with E-state index in [1.165, 1.54) is 25.7 Å². The van der Waals surface area contributed by atoms with Crippen LogP contribution in [0.25, 0.3) is 0 Å². The molecule has 1 saturated carbocycles. The minimum Gasteiger partial charge on any atom is -0.389 e. The third kappa shape index (κ3) is 4.71. The number of rotatable bonds is 7. The first-order valence-electron chi connectivity index (χ1n) is 7.92. The minimum atomic E-state index is -0.363. The van der Waals surface area contributed by atoms with Gasteiger partial charge in [0.2, 0.25) is 0 Å². The number of morpholine rings is 1. The van der Waals surface area contributed by atoms with Crippen LogP contribution in [0, 0.1) is 0 Å². The van der Waals surface area contributed by atoms with Gasteiger partial charge in [-0.25, -0.2) is 0 Å². The van der Waals surface area contributed by atoms with Crippen molar-refractivity contribution in [2.45, 2.75) is 63.7 Å². The Hall–Kier alpha value is -0.160. The molecule has 1 saturated heterocycles. The molecule has 1 N–H and O–H groups in total. The monoisotopic (exact) mass is 271 g/mol. The maximum absolute atomic E-state index is 10.1. The van der Waals surface area contributed by atoms with Crippen molar-refractivity contribution in [3.63, 3.8) is 0 Å². The first-order chi connectivity index (χ1) is 9.31. The van der Waals surface area contributed by atoms with Gasteiger partial charge in [0.05, 0.1) is 25.4 Å². The summed E-state index contributed by atoms with van der Waals surface area (Å²) in [5, 5.41) is 10.1. The van der Waals surface area contributed by atoms with E-state index in [0.717, 1.165) is 39.1 Å². The van der Waals surface area contributed by atoms with Crippen LogP contribution >= 0.6 is 0 Å². The molecule has 0 bridgehead atoms. The van der Waals surface area contributed by atoms with E-state index in [2.05, 4.69) is 11.8 Å². The molecule has 4 heteroatoms. The van der Waals surface area contributed by atoms with Gasteiger partial charge in [0.25, 0.3) is 0 Å². The lowest BCUT2D eigenvalue weighted by molar-refractivity contribution is -0.102. The van der Waals surface area contributed by atoms with Crippen molar-refractivity contribution in [2.75, 3.05) is 32.9 Å². The van der Waals surface area contributed by atoms with Crippen molar-refractivity contribution < 1.29 is 14.6 Å². The molecule has 0 aromatic rings. The van der Waals surface area contributed by atoms with Gasteiger partial charge in [-0.05, 0) is 19.3 Å². The highest BCUT2D eigenvalue weighted by Gasteiger charge is 2.34. The molecule has 4 nitrogen and oxygen atoms in total. The van der Waals surface area contributed by atoms with E-state index in [4.69, 9.17) is 9.47 Å². The molecule has 1 heterocycles. The van der Waals surface area contributed by atoms with Gasteiger partial charge in [-0.3, -0.25) is 4.90 Å². The van der Waals surface area contributed by atoms with E-state index in [1.807, 2.05) is 0 Å². The molecule has 112 valence electrons. The van der Waals surface area contributed by atoms with Crippen LogP contribution in [0.1, 0.15) is 45.4 Å². The number of ether oxygens (including phenoxy) is 2. The Morgan fingerprint density at radius 3 is 3.05 bits per heavy atom. The molecule has 2 fully saturated rings. The van der Waals surface area contributed by atoms with Gasteiger partial charge in [0.1, 0.15) is 0 Å². The molecule has 3 atom stereocenters. The number of nitrogens with zero attached hydrogens (tertiary/aromatic N) is 1. The first-order valence-corrected chi connectivity index (χ1v) is 7.92. The lowest BCUT2D eigenvalue weighted by Crippen LogP contribution is -2.54. The quantitative estimate of drug-likeness (QED) is 0.717. The largest absolute Gasteiger partial charge is 0.389 e. The van der Waals surface area contributed by atoms with Crippen LogP contribution in [0.3, 0.4) is 0 Å². The van der Waals surface area contributed by atoms with Crippen molar-refractivity contribution in [1.82, 2.24) is 4.90 Å². The fraction of sp³-hybridized carbons (Fsp3) is 1.00. The third-order valence-electron chi connectivity index (χ3n) is 4.24. The summed E-state index contributed by atoms with van der Waals surface area (Å²) in [6.07, 6.45) is 7.24. The Balaban J connectivity index is 1.70. The summed E-state index contributed by atoms with van der Waals surface area (Å²) in [4.78, 5) is 2.42. The molecule has 1 aliphatic carbocycles. The normalized spacial score (nSPS) is 30.0. The zero-order chi connectivity index (χ0) is 13.5. The Morgan fingerprint density at radius 2 is 2.21 bits per heavy atom. The molecule has 0 aromatic heterocycles. The summed E-state index contributed by atoms with van der Waals surface area (Å²) in [6.45, 7) is 5.88. The topological polar surface area (TPSA) is 41.9 Å². The molecule has 0 radical (unpaired) electrons. The van der Waals surface area contributed by atoms with Crippen LogP contribution < -0.4 is 0 Å². The van der Waals surface area contributed by atoms with Crippen molar-refractivity contribution >= 4 is 0 Å². The third-order valence-corrected chi connectivity index (χ3v) is 4.24. The fourth-order valence-electron chi connectivity index (χ4n) is 3.19. The van der Waals surface area contributed by atoms with Crippen molar-refractivity contribution in [1.29, 1.82) is 0 Å². The van der Waals surface area contributed by atoms with E-state index in [0.29, 0.717) is 18.8 Å². The van der Waals surface area contributed by atoms with Crippen molar-refractivity contribution in [3.8, 4) is 0 Å².